The van der Waals surface area contributed by atoms with Crippen molar-refractivity contribution in [2.75, 3.05) is 11.9 Å². The highest BCUT2D eigenvalue weighted by Gasteiger charge is 2.33. The van der Waals surface area contributed by atoms with E-state index in [9.17, 15) is 13.2 Å². The number of aromatic nitrogens is 3. The van der Waals surface area contributed by atoms with Crippen LogP contribution in [0.15, 0.2) is 30.5 Å². The summed E-state index contributed by atoms with van der Waals surface area (Å²) in [5.74, 6) is 0.157. The number of unbranched alkanes of at least 4 members (excludes halogenated alkanes) is 7. The molecule has 0 aromatic carbocycles. The third-order valence-corrected chi connectivity index (χ3v) is 4.25. The molecule has 4 nitrogen and oxygen atoms in total. The normalized spacial score (nSPS) is 11.6. The van der Waals surface area contributed by atoms with Crippen LogP contribution in [-0.2, 0) is 6.18 Å². The first kappa shape index (κ1) is 21.1. The first-order chi connectivity index (χ1) is 13.0. The highest BCUT2D eigenvalue weighted by molar-refractivity contribution is 5.53. The molecule has 0 atom stereocenters. The third-order valence-electron chi connectivity index (χ3n) is 4.25. The molecule has 0 aliphatic carbocycles. The zero-order valence-electron chi connectivity index (χ0n) is 15.7. The van der Waals surface area contributed by atoms with Gasteiger partial charge in [0.05, 0.1) is 0 Å². The van der Waals surface area contributed by atoms with Gasteiger partial charge in [0.15, 0.2) is 11.5 Å². The smallest absolute Gasteiger partial charge is 0.370 e. The van der Waals surface area contributed by atoms with Crippen LogP contribution < -0.4 is 5.32 Å². The van der Waals surface area contributed by atoms with Crippen LogP contribution in [0.1, 0.15) is 64.0 Å². The van der Waals surface area contributed by atoms with Crippen LogP contribution >= 0.6 is 0 Å². The Labute approximate surface area is 158 Å². The predicted octanol–water partition coefficient (Wildman–Crippen LogP) is 6.11. The summed E-state index contributed by atoms with van der Waals surface area (Å²) in [6.45, 7) is 2.78. The van der Waals surface area contributed by atoms with Crippen LogP contribution in [0.4, 0.5) is 19.0 Å². The van der Waals surface area contributed by atoms with Gasteiger partial charge in [0.25, 0.3) is 0 Å². The molecule has 0 saturated carbocycles. The monoisotopic (exact) mass is 380 g/mol. The van der Waals surface area contributed by atoms with Gasteiger partial charge in [-0.1, -0.05) is 57.9 Å². The number of nitrogens with zero attached hydrogens (tertiary/aromatic N) is 3. The van der Waals surface area contributed by atoms with Crippen LogP contribution in [-0.4, -0.2) is 21.5 Å². The molecule has 7 heteroatoms. The summed E-state index contributed by atoms with van der Waals surface area (Å²) in [5, 5.41) is 3.00. The van der Waals surface area contributed by atoms with Crippen LogP contribution in [0.2, 0.25) is 0 Å². The van der Waals surface area contributed by atoms with Gasteiger partial charge in [0.1, 0.15) is 11.5 Å². The molecule has 0 bridgehead atoms. The van der Waals surface area contributed by atoms with Crippen molar-refractivity contribution in [3.63, 3.8) is 0 Å². The Hall–Kier alpha value is -2.18. The van der Waals surface area contributed by atoms with Crippen molar-refractivity contribution in [3.8, 4) is 11.5 Å². The molecule has 0 saturated heterocycles. The Bertz CT molecular complexity index is 675. The first-order valence-electron chi connectivity index (χ1n) is 9.62. The fourth-order valence-electron chi connectivity index (χ4n) is 2.77. The number of hydrogen-bond donors (Lipinski definition) is 1. The molecule has 148 valence electrons. The molecule has 0 amide bonds. The lowest BCUT2D eigenvalue weighted by atomic mass is 10.1. The molecule has 1 N–H and O–H groups in total. The lowest BCUT2D eigenvalue weighted by molar-refractivity contribution is -0.141. The first-order valence-corrected chi connectivity index (χ1v) is 9.62. The summed E-state index contributed by atoms with van der Waals surface area (Å²) in [5.41, 5.74) is -0.643. The molecule has 2 aromatic heterocycles. The largest absolute Gasteiger partial charge is 0.433 e. The van der Waals surface area contributed by atoms with Crippen LogP contribution in [0.25, 0.3) is 11.5 Å². The predicted molar refractivity (Wildman–Crippen MR) is 101 cm³/mol. The fraction of sp³-hybridized carbons (Fsp3) is 0.550. The second-order valence-corrected chi connectivity index (χ2v) is 6.58. The maximum Gasteiger partial charge on any atom is 0.433 e. The van der Waals surface area contributed by atoms with Crippen LogP contribution in [0, 0.1) is 0 Å². The van der Waals surface area contributed by atoms with E-state index in [2.05, 4.69) is 27.2 Å². The summed E-state index contributed by atoms with van der Waals surface area (Å²) in [4.78, 5) is 11.9. The number of pyridine rings is 1. The SMILES string of the molecule is CCCCCCCCCCNc1cc(C(F)(F)F)nc(-c2ccccn2)n1. The summed E-state index contributed by atoms with van der Waals surface area (Å²) in [6, 6.07) is 5.94. The minimum atomic E-state index is -4.53. The van der Waals surface area contributed by atoms with E-state index in [0.717, 1.165) is 25.3 Å². The molecule has 0 unspecified atom stereocenters. The quantitative estimate of drug-likeness (QED) is 0.478. The highest BCUT2D eigenvalue weighted by Crippen LogP contribution is 2.30. The van der Waals surface area contributed by atoms with Crippen molar-refractivity contribution in [2.24, 2.45) is 0 Å². The molecule has 0 radical (unpaired) electrons. The molecule has 2 heterocycles. The second-order valence-electron chi connectivity index (χ2n) is 6.58. The van der Waals surface area contributed by atoms with Crippen LogP contribution in [0.3, 0.4) is 0 Å². The lowest BCUT2D eigenvalue weighted by Gasteiger charge is -2.11. The summed E-state index contributed by atoms with van der Waals surface area (Å²) < 4.78 is 39.4. The van der Waals surface area contributed by atoms with E-state index in [1.165, 1.54) is 38.3 Å². The van der Waals surface area contributed by atoms with Gasteiger partial charge in [-0.3, -0.25) is 4.98 Å². The van der Waals surface area contributed by atoms with Gasteiger partial charge in [-0.25, -0.2) is 9.97 Å². The summed E-state index contributed by atoms with van der Waals surface area (Å²) >= 11 is 0. The van der Waals surface area contributed by atoms with Crippen molar-refractivity contribution < 1.29 is 13.2 Å². The Morgan fingerprint density at radius 1 is 0.926 bits per heavy atom. The van der Waals surface area contributed by atoms with E-state index in [0.29, 0.717) is 12.2 Å². The van der Waals surface area contributed by atoms with Gasteiger partial charge in [-0.2, -0.15) is 13.2 Å². The number of rotatable bonds is 11. The van der Waals surface area contributed by atoms with E-state index < -0.39 is 11.9 Å². The van der Waals surface area contributed by atoms with Gasteiger partial charge in [0.2, 0.25) is 0 Å². The highest BCUT2D eigenvalue weighted by atomic mass is 19.4. The van der Waals surface area contributed by atoms with Gasteiger partial charge >= 0.3 is 6.18 Å². The van der Waals surface area contributed by atoms with Crippen molar-refractivity contribution in [1.29, 1.82) is 0 Å². The van der Waals surface area contributed by atoms with Crippen molar-refractivity contribution >= 4 is 5.82 Å². The molecule has 27 heavy (non-hydrogen) atoms. The van der Waals surface area contributed by atoms with E-state index in [1.807, 2.05) is 0 Å². The lowest BCUT2D eigenvalue weighted by Crippen LogP contribution is -2.12. The molecule has 2 rings (SSSR count). The molecule has 0 aliphatic rings. The number of alkyl halides is 3. The van der Waals surface area contributed by atoms with Crippen molar-refractivity contribution in [3.05, 3.63) is 36.2 Å². The van der Waals surface area contributed by atoms with Crippen molar-refractivity contribution in [2.45, 2.75) is 64.5 Å². The maximum atomic E-state index is 13.1. The van der Waals surface area contributed by atoms with Crippen LogP contribution in [0.5, 0.6) is 0 Å². The molecular weight excluding hydrogens is 353 g/mol. The summed E-state index contributed by atoms with van der Waals surface area (Å²) in [7, 11) is 0. The minimum absolute atomic E-state index is 0.0242. The van der Waals surface area contributed by atoms with Gasteiger partial charge in [0, 0.05) is 18.8 Å². The standard InChI is InChI=1S/C20H27F3N4/c1-2-3-4-5-6-7-8-10-14-25-18-15-17(20(21,22)23)26-19(27-18)16-12-9-11-13-24-16/h9,11-13,15H,2-8,10,14H2,1H3,(H,25,26,27). The zero-order chi connectivity index (χ0) is 19.5. The molecule has 0 aliphatic heterocycles. The fourth-order valence-corrected chi connectivity index (χ4v) is 2.77. The Morgan fingerprint density at radius 3 is 2.26 bits per heavy atom. The average molecular weight is 380 g/mol. The van der Waals surface area contributed by atoms with E-state index in [1.54, 1.807) is 18.2 Å². The molecular formula is C20H27F3N4. The average Bonchev–Trinajstić information content (AvgIpc) is 2.66. The number of hydrogen-bond acceptors (Lipinski definition) is 4. The minimum Gasteiger partial charge on any atom is -0.370 e. The Kier molecular flexibility index (Phi) is 8.48. The van der Waals surface area contributed by atoms with Gasteiger partial charge < -0.3 is 5.32 Å². The van der Waals surface area contributed by atoms with E-state index >= 15 is 0 Å². The Morgan fingerprint density at radius 2 is 1.63 bits per heavy atom. The molecule has 0 spiro atoms. The third kappa shape index (κ3) is 7.53. The van der Waals surface area contributed by atoms with Gasteiger partial charge in [-0.15, -0.1) is 0 Å². The molecule has 2 aromatic rings. The topological polar surface area (TPSA) is 50.7 Å². The van der Waals surface area contributed by atoms with Crippen molar-refractivity contribution in [1.82, 2.24) is 15.0 Å². The number of anilines is 1. The molecule has 0 fully saturated rings. The summed E-state index contributed by atoms with van der Waals surface area (Å²) in [6.07, 6.45) is 6.38. The number of nitrogens with one attached hydrogen (secondary N) is 1. The zero-order valence-corrected chi connectivity index (χ0v) is 15.7. The second kappa shape index (κ2) is 10.8. The number of halogens is 3. The van der Waals surface area contributed by atoms with Gasteiger partial charge in [-0.05, 0) is 18.6 Å². The Balaban J connectivity index is 1.90. The maximum absolute atomic E-state index is 13.1. The van der Waals surface area contributed by atoms with E-state index in [4.69, 9.17) is 0 Å². The van der Waals surface area contributed by atoms with E-state index in [-0.39, 0.29) is 11.6 Å².